The standard InChI is InChI=1S/C27H32F2N6O2S/c1-38(36,37)31-20-5-6-23(25(17-20)34-13-9-26(7-8-26)10-14-34)24-19-35(32-30-24)22-4-2-3-21(18-22)33-15-11-27(28,29)12-16-33/h2-6,17-19,31H,7-16H2,1H3. The fourth-order valence-electron chi connectivity index (χ4n) is 5.62. The smallest absolute Gasteiger partial charge is 0.251 e. The number of rotatable bonds is 6. The van der Waals surface area contributed by atoms with Gasteiger partial charge in [-0.2, -0.15) is 0 Å². The van der Waals surface area contributed by atoms with Crippen molar-refractivity contribution < 1.29 is 17.2 Å². The Morgan fingerprint density at radius 3 is 2.24 bits per heavy atom. The van der Waals surface area contributed by atoms with Gasteiger partial charge in [-0.1, -0.05) is 11.3 Å². The van der Waals surface area contributed by atoms with E-state index in [1.165, 1.54) is 12.8 Å². The van der Waals surface area contributed by atoms with Crippen molar-refractivity contribution in [3.63, 3.8) is 0 Å². The lowest BCUT2D eigenvalue weighted by Crippen LogP contribution is -2.39. The molecule has 1 aromatic heterocycles. The van der Waals surface area contributed by atoms with E-state index in [0.717, 1.165) is 54.8 Å². The van der Waals surface area contributed by atoms with Crippen molar-refractivity contribution in [1.29, 1.82) is 0 Å². The zero-order valence-corrected chi connectivity index (χ0v) is 22.2. The van der Waals surface area contributed by atoms with Crippen LogP contribution in [0.25, 0.3) is 16.9 Å². The summed E-state index contributed by atoms with van der Waals surface area (Å²) in [5.41, 5.74) is 5.21. The Balaban J connectivity index is 1.28. The molecule has 0 radical (unpaired) electrons. The van der Waals surface area contributed by atoms with Gasteiger partial charge in [0.15, 0.2) is 0 Å². The number of nitrogens with zero attached hydrogens (tertiary/aromatic N) is 5. The molecule has 1 aliphatic carbocycles. The van der Waals surface area contributed by atoms with Gasteiger partial charge in [0.25, 0.3) is 5.92 Å². The predicted octanol–water partition coefficient (Wildman–Crippen LogP) is 4.92. The van der Waals surface area contributed by atoms with Crippen LogP contribution in [0.1, 0.15) is 38.5 Å². The van der Waals surface area contributed by atoms with E-state index < -0.39 is 15.9 Å². The lowest BCUT2D eigenvalue weighted by Gasteiger charge is -2.35. The Bertz CT molecular complexity index is 1430. The van der Waals surface area contributed by atoms with Crippen LogP contribution in [-0.4, -0.2) is 61.8 Å². The molecule has 2 aromatic carbocycles. The van der Waals surface area contributed by atoms with Gasteiger partial charge in [-0.15, -0.1) is 5.10 Å². The quantitative estimate of drug-likeness (QED) is 0.476. The first-order valence-corrected chi connectivity index (χ1v) is 15.0. The molecule has 38 heavy (non-hydrogen) atoms. The monoisotopic (exact) mass is 542 g/mol. The van der Waals surface area contributed by atoms with Gasteiger partial charge in [0.1, 0.15) is 5.69 Å². The molecular weight excluding hydrogens is 510 g/mol. The van der Waals surface area contributed by atoms with Crippen LogP contribution in [0.4, 0.5) is 25.8 Å². The lowest BCUT2D eigenvalue weighted by atomic mass is 9.93. The minimum absolute atomic E-state index is 0.144. The molecule has 0 unspecified atom stereocenters. The van der Waals surface area contributed by atoms with Gasteiger partial charge in [0.2, 0.25) is 10.0 Å². The third-order valence-electron chi connectivity index (χ3n) is 8.15. The Labute approximate surface area is 221 Å². The summed E-state index contributed by atoms with van der Waals surface area (Å²) in [6.45, 7) is 2.46. The van der Waals surface area contributed by atoms with Crippen LogP contribution in [0.5, 0.6) is 0 Å². The molecule has 0 atom stereocenters. The van der Waals surface area contributed by atoms with Crippen LogP contribution in [0.3, 0.4) is 0 Å². The van der Waals surface area contributed by atoms with E-state index >= 15 is 0 Å². The molecule has 8 nitrogen and oxygen atoms in total. The van der Waals surface area contributed by atoms with Crippen LogP contribution in [0.2, 0.25) is 0 Å². The van der Waals surface area contributed by atoms with Gasteiger partial charge in [0, 0.05) is 56.0 Å². The Morgan fingerprint density at radius 1 is 0.868 bits per heavy atom. The van der Waals surface area contributed by atoms with E-state index in [0.29, 0.717) is 29.9 Å². The minimum Gasteiger partial charge on any atom is -0.371 e. The SMILES string of the molecule is CS(=O)(=O)Nc1ccc(-c2cn(-c3cccc(N4CCC(F)(F)CC4)c3)nn2)c(N2CCC3(CC2)CC3)c1. The highest BCUT2D eigenvalue weighted by molar-refractivity contribution is 7.92. The molecule has 2 saturated heterocycles. The van der Waals surface area contributed by atoms with Gasteiger partial charge in [-0.05, 0) is 67.5 Å². The predicted molar refractivity (Wildman–Crippen MR) is 145 cm³/mol. The largest absolute Gasteiger partial charge is 0.371 e. The Hall–Kier alpha value is -3.21. The Kier molecular flexibility index (Phi) is 6.08. The second-order valence-corrected chi connectivity index (χ2v) is 12.8. The number of sulfonamides is 1. The number of nitrogens with one attached hydrogen (secondary N) is 1. The minimum atomic E-state index is -3.41. The molecule has 3 aliphatic rings. The van der Waals surface area contributed by atoms with Gasteiger partial charge in [-0.3, -0.25) is 4.72 Å². The number of anilines is 3. The van der Waals surface area contributed by atoms with Gasteiger partial charge in [0.05, 0.1) is 23.8 Å². The molecule has 202 valence electrons. The first-order valence-electron chi connectivity index (χ1n) is 13.1. The topological polar surface area (TPSA) is 83.4 Å². The number of benzene rings is 2. The van der Waals surface area contributed by atoms with E-state index in [9.17, 15) is 17.2 Å². The maximum atomic E-state index is 13.6. The van der Waals surface area contributed by atoms with Crippen molar-refractivity contribution in [2.24, 2.45) is 5.41 Å². The summed E-state index contributed by atoms with van der Waals surface area (Å²) in [6, 6.07) is 13.2. The molecule has 3 heterocycles. The summed E-state index contributed by atoms with van der Waals surface area (Å²) >= 11 is 0. The van der Waals surface area contributed by atoms with Crippen molar-refractivity contribution >= 4 is 27.1 Å². The number of hydrogen-bond donors (Lipinski definition) is 1. The molecule has 0 amide bonds. The third-order valence-corrected chi connectivity index (χ3v) is 8.75. The molecule has 3 aromatic rings. The molecular formula is C27H32F2N6O2S. The normalized spacial score (nSPS) is 20.5. The van der Waals surface area contributed by atoms with Crippen molar-refractivity contribution in [3.8, 4) is 16.9 Å². The second-order valence-electron chi connectivity index (χ2n) is 11.0. The first kappa shape index (κ1) is 25.1. The van der Waals surface area contributed by atoms with Crippen LogP contribution in [0, 0.1) is 5.41 Å². The average molecular weight is 543 g/mol. The van der Waals surface area contributed by atoms with E-state index in [4.69, 9.17) is 0 Å². The van der Waals surface area contributed by atoms with Crippen LogP contribution < -0.4 is 14.5 Å². The molecule has 11 heteroatoms. The highest BCUT2D eigenvalue weighted by Gasteiger charge is 2.44. The molecule has 1 saturated carbocycles. The van der Waals surface area contributed by atoms with E-state index in [-0.39, 0.29) is 12.8 Å². The molecule has 0 bridgehead atoms. The van der Waals surface area contributed by atoms with E-state index in [1.807, 2.05) is 47.5 Å². The summed E-state index contributed by atoms with van der Waals surface area (Å²) in [6.07, 6.45) is 7.60. The van der Waals surface area contributed by atoms with Gasteiger partial charge < -0.3 is 9.80 Å². The van der Waals surface area contributed by atoms with E-state index in [2.05, 4.69) is 19.9 Å². The molecule has 1 spiro atoms. The second kappa shape index (κ2) is 9.21. The lowest BCUT2D eigenvalue weighted by molar-refractivity contribution is -0.0220. The summed E-state index contributed by atoms with van der Waals surface area (Å²) in [5, 5.41) is 8.83. The average Bonchev–Trinajstić information content (AvgIpc) is 3.44. The molecule has 3 fully saturated rings. The maximum absolute atomic E-state index is 13.6. The van der Waals surface area contributed by atoms with E-state index in [1.54, 1.807) is 10.7 Å². The third kappa shape index (κ3) is 5.34. The first-order chi connectivity index (χ1) is 18.1. The summed E-state index contributed by atoms with van der Waals surface area (Å²) < 4.78 is 55.3. The fraction of sp³-hybridized carbons (Fsp3) is 0.481. The van der Waals surface area contributed by atoms with Crippen molar-refractivity contribution in [2.75, 3.05) is 47.0 Å². The molecule has 2 aliphatic heterocycles. The van der Waals surface area contributed by atoms with Crippen molar-refractivity contribution in [3.05, 3.63) is 48.7 Å². The van der Waals surface area contributed by atoms with Crippen LogP contribution >= 0.6 is 0 Å². The number of halogens is 2. The van der Waals surface area contributed by atoms with Crippen molar-refractivity contribution in [2.45, 2.75) is 44.4 Å². The zero-order valence-electron chi connectivity index (χ0n) is 21.4. The summed E-state index contributed by atoms with van der Waals surface area (Å²) in [5.74, 6) is -2.59. The highest BCUT2D eigenvalue weighted by Crippen LogP contribution is 2.54. The highest BCUT2D eigenvalue weighted by atomic mass is 32.2. The fourth-order valence-corrected chi connectivity index (χ4v) is 6.18. The van der Waals surface area contributed by atoms with Gasteiger partial charge >= 0.3 is 0 Å². The van der Waals surface area contributed by atoms with Crippen molar-refractivity contribution in [1.82, 2.24) is 15.0 Å². The number of aromatic nitrogens is 3. The number of alkyl halides is 2. The maximum Gasteiger partial charge on any atom is 0.251 e. The summed E-state index contributed by atoms with van der Waals surface area (Å²) in [7, 11) is -3.41. The number of piperidine rings is 2. The van der Waals surface area contributed by atoms with Crippen LogP contribution in [0.15, 0.2) is 48.7 Å². The molecule has 1 N–H and O–H groups in total. The number of hydrogen-bond acceptors (Lipinski definition) is 6. The Morgan fingerprint density at radius 2 is 1.55 bits per heavy atom. The van der Waals surface area contributed by atoms with Crippen LogP contribution in [-0.2, 0) is 10.0 Å². The van der Waals surface area contributed by atoms with Gasteiger partial charge in [-0.25, -0.2) is 21.9 Å². The zero-order chi connectivity index (χ0) is 26.5. The summed E-state index contributed by atoms with van der Waals surface area (Å²) in [4.78, 5) is 4.30. The molecule has 6 rings (SSSR count).